The van der Waals surface area contributed by atoms with Crippen LogP contribution in [0.4, 0.5) is 10.1 Å². The first-order valence-corrected chi connectivity index (χ1v) is 6.30. The summed E-state index contributed by atoms with van der Waals surface area (Å²) in [5.74, 6) is -0.511. The fraction of sp³-hybridized carbons (Fsp3) is 0.143. The minimum atomic E-state index is -0.746. The van der Waals surface area contributed by atoms with Crippen LogP contribution in [0, 0.1) is 15.9 Å². The Morgan fingerprint density at radius 2 is 1.95 bits per heavy atom. The summed E-state index contributed by atoms with van der Waals surface area (Å²) < 4.78 is 13.8. The van der Waals surface area contributed by atoms with Gasteiger partial charge >= 0.3 is 0 Å². The van der Waals surface area contributed by atoms with E-state index in [4.69, 9.17) is 17.3 Å². The quantitative estimate of drug-likeness (QED) is 0.691. The van der Waals surface area contributed by atoms with Crippen LogP contribution in [-0.2, 0) is 6.42 Å². The number of nitrogens with two attached hydrogens (primary N) is 1. The second-order valence-electron chi connectivity index (χ2n) is 4.33. The molecule has 0 heterocycles. The molecule has 0 aliphatic heterocycles. The molecule has 6 heteroatoms. The van der Waals surface area contributed by atoms with E-state index in [1.165, 1.54) is 18.2 Å². The molecule has 2 rings (SSSR count). The molecular weight excluding hydrogens is 283 g/mol. The van der Waals surface area contributed by atoms with Crippen molar-refractivity contribution in [3.8, 4) is 0 Å². The number of nitro groups is 1. The summed E-state index contributed by atoms with van der Waals surface area (Å²) in [6, 6.07) is 9.79. The van der Waals surface area contributed by atoms with Gasteiger partial charge in [-0.25, -0.2) is 4.39 Å². The molecule has 0 bridgehead atoms. The second-order valence-corrected chi connectivity index (χ2v) is 4.74. The van der Waals surface area contributed by atoms with Crippen LogP contribution in [-0.4, -0.2) is 4.92 Å². The molecule has 0 amide bonds. The SMILES string of the molecule is NC(Cc1ccccc1[N+](=O)[O-])c1c(F)cccc1Cl. The van der Waals surface area contributed by atoms with Gasteiger partial charge < -0.3 is 5.73 Å². The molecule has 1 atom stereocenters. The van der Waals surface area contributed by atoms with Gasteiger partial charge in [0.1, 0.15) is 5.82 Å². The standard InChI is InChI=1S/C14H12ClFN2O2/c15-10-5-3-6-11(16)14(10)12(17)8-9-4-1-2-7-13(9)18(19)20/h1-7,12H,8,17H2. The van der Waals surface area contributed by atoms with Crippen molar-refractivity contribution in [2.45, 2.75) is 12.5 Å². The van der Waals surface area contributed by atoms with Gasteiger partial charge in [0, 0.05) is 28.3 Å². The summed E-state index contributed by atoms with van der Waals surface area (Å²) >= 11 is 5.94. The normalized spacial score (nSPS) is 12.2. The highest BCUT2D eigenvalue weighted by molar-refractivity contribution is 6.31. The smallest absolute Gasteiger partial charge is 0.272 e. The van der Waals surface area contributed by atoms with Crippen LogP contribution in [0.5, 0.6) is 0 Å². The molecule has 20 heavy (non-hydrogen) atoms. The van der Waals surface area contributed by atoms with Gasteiger partial charge in [0.15, 0.2) is 0 Å². The molecule has 104 valence electrons. The van der Waals surface area contributed by atoms with Crippen LogP contribution < -0.4 is 5.73 Å². The molecule has 4 nitrogen and oxygen atoms in total. The first-order valence-electron chi connectivity index (χ1n) is 5.92. The number of halogens is 2. The molecule has 0 spiro atoms. The highest BCUT2D eigenvalue weighted by Crippen LogP contribution is 2.29. The van der Waals surface area contributed by atoms with Crippen LogP contribution in [0.15, 0.2) is 42.5 Å². The number of benzene rings is 2. The maximum Gasteiger partial charge on any atom is 0.272 e. The van der Waals surface area contributed by atoms with Crippen molar-refractivity contribution in [3.63, 3.8) is 0 Å². The molecule has 0 saturated heterocycles. The predicted molar refractivity (Wildman–Crippen MR) is 75.1 cm³/mol. The minimum Gasteiger partial charge on any atom is -0.324 e. The van der Waals surface area contributed by atoms with E-state index in [0.29, 0.717) is 5.56 Å². The van der Waals surface area contributed by atoms with Crippen LogP contribution in [0.3, 0.4) is 0 Å². The lowest BCUT2D eigenvalue weighted by atomic mass is 9.98. The van der Waals surface area contributed by atoms with Gasteiger partial charge in [-0.3, -0.25) is 10.1 Å². The van der Waals surface area contributed by atoms with Crippen LogP contribution >= 0.6 is 11.6 Å². The van der Waals surface area contributed by atoms with E-state index in [1.54, 1.807) is 24.3 Å². The predicted octanol–water partition coefficient (Wildman–Crippen LogP) is 3.63. The lowest BCUT2D eigenvalue weighted by molar-refractivity contribution is -0.385. The third-order valence-corrected chi connectivity index (χ3v) is 3.33. The Hall–Kier alpha value is -1.98. The van der Waals surface area contributed by atoms with Crippen molar-refractivity contribution in [2.75, 3.05) is 0 Å². The fourth-order valence-corrected chi connectivity index (χ4v) is 2.37. The summed E-state index contributed by atoms with van der Waals surface area (Å²) in [7, 11) is 0. The number of nitro benzene ring substituents is 1. The molecule has 1 unspecified atom stereocenters. The van der Waals surface area contributed by atoms with Crippen LogP contribution in [0.1, 0.15) is 17.2 Å². The number of para-hydroxylation sites is 1. The minimum absolute atomic E-state index is 0.0320. The number of rotatable bonds is 4. The van der Waals surface area contributed by atoms with E-state index >= 15 is 0 Å². The highest BCUT2D eigenvalue weighted by atomic mass is 35.5. The summed E-state index contributed by atoms with van der Waals surface area (Å²) in [4.78, 5) is 10.5. The van der Waals surface area contributed by atoms with Crippen molar-refractivity contribution in [3.05, 3.63) is 74.5 Å². The lowest BCUT2D eigenvalue weighted by Gasteiger charge is -2.14. The van der Waals surface area contributed by atoms with Crippen molar-refractivity contribution in [2.24, 2.45) is 5.73 Å². The maximum absolute atomic E-state index is 13.8. The number of hydrogen-bond donors (Lipinski definition) is 1. The average Bonchev–Trinajstić information content (AvgIpc) is 2.38. The molecule has 0 aliphatic carbocycles. The highest BCUT2D eigenvalue weighted by Gasteiger charge is 2.20. The first-order chi connectivity index (χ1) is 9.50. The lowest BCUT2D eigenvalue weighted by Crippen LogP contribution is -2.16. The van der Waals surface area contributed by atoms with Crippen molar-refractivity contribution >= 4 is 17.3 Å². The van der Waals surface area contributed by atoms with E-state index in [9.17, 15) is 14.5 Å². The zero-order valence-electron chi connectivity index (χ0n) is 10.4. The Morgan fingerprint density at radius 1 is 1.25 bits per heavy atom. The van der Waals surface area contributed by atoms with Crippen molar-refractivity contribution < 1.29 is 9.31 Å². The summed E-state index contributed by atoms with van der Waals surface area (Å²) in [5, 5.41) is 11.2. The Kier molecular flexibility index (Phi) is 4.32. The monoisotopic (exact) mass is 294 g/mol. The topological polar surface area (TPSA) is 69.2 Å². The van der Waals surface area contributed by atoms with Gasteiger partial charge in [0.05, 0.1) is 4.92 Å². The van der Waals surface area contributed by atoms with E-state index in [2.05, 4.69) is 0 Å². The number of nitrogens with zero attached hydrogens (tertiary/aromatic N) is 1. The molecular formula is C14H12ClFN2O2. The fourth-order valence-electron chi connectivity index (χ4n) is 2.07. The summed E-state index contributed by atoms with van der Waals surface area (Å²) in [5.41, 5.74) is 6.54. The molecule has 0 saturated carbocycles. The van der Waals surface area contributed by atoms with E-state index < -0.39 is 16.8 Å². The van der Waals surface area contributed by atoms with Gasteiger partial charge in [0.2, 0.25) is 0 Å². The van der Waals surface area contributed by atoms with E-state index in [0.717, 1.165) is 0 Å². The zero-order chi connectivity index (χ0) is 14.7. The van der Waals surface area contributed by atoms with Crippen molar-refractivity contribution in [1.82, 2.24) is 0 Å². The molecule has 2 aromatic rings. The third kappa shape index (κ3) is 2.95. The van der Waals surface area contributed by atoms with Gasteiger partial charge in [-0.2, -0.15) is 0 Å². The molecule has 2 N–H and O–H groups in total. The Balaban J connectivity index is 2.33. The van der Waals surface area contributed by atoms with Gasteiger partial charge in [0.25, 0.3) is 5.69 Å². The largest absolute Gasteiger partial charge is 0.324 e. The molecule has 0 radical (unpaired) electrons. The van der Waals surface area contributed by atoms with Crippen molar-refractivity contribution in [1.29, 1.82) is 0 Å². The van der Waals surface area contributed by atoms with Gasteiger partial charge in [-0.15, -0.1) is 0 Å². The summed E-state index contributed by atoms with van der Waals surface area (Å²) in [6.45, 7) is 0. The molecule has 2 aromatic carbocycles. The van der Waals surface area contributed by atoms with E-state index in [-0.39, 0.29) is 22.7 Å². The second kappa shape index (κ2) is 5.98. The zero-order valence-corrected chi connectivity index (χ0v) is 11.2. The van der Waals surface area contributed by atoms with E-state index in [1.807, 2.05) is 0 Å². The maximum atomic E-state index is 13.8. The molecule has 0 aromatic heterocycles. The average molecular weight is 295 g/mol. The third-order valence-electron chi connectivity index (χ3n) is 3.00. The Morgan fingerprint density at radius 3 is 2.60 bits per heavy atom. The first kappa shape index (κ1) is 14.4. The summed E-state index contributed by atoms with van der Waals surface area (Å²) in [6.07, 6.45) is 0.137. The molecule has 0 aliphatic rings. The Bertz CT molecular complexity index is 629. The molecule has 0 fully saturated rings. The van der Waals surface area contributed by atoms with Gasteiger partial charge in [-0.1, -0.05) is 35.9 Å². The van der Waals surface area contributed by atoms with Crippen LogP contribution in [0.25, 0.3) is 0 Å². The van der Waals surface area contributed by atoms with Gasteiger partial charge in [-0.05, 0) is 18.6 Å². The van der Waals surface area contributed by atoms with Crippen LogP contribution in [0.2, 0.25) is 5.02 Å². The Labute approximate surface area is 120 Å². The number of hydrogen-bond acceptors (Lipinski definition) is 3.